The van der Waals surface area contributed by atoms with Crippen molar-refractivity contribution in [1.82, 2.24) is 14.4 Å². The average Bonchev–Trinajstić information content (AvgIpc) is 3.13. The van der Waals surface area contributed by atoms with Crippen molar-refractivity contribution in [2.75, 3.05) is 32.7 Å². The number of amides is 1. The molecule has 4 heteroatoms. The molecule has 0 spiro atoms. The maximum absolute atomic E-state index is 13.0. The first-order valence-corrected chi connectivity index (χ1v) is 11.8. The van der Waals surface area contributed by atoms with Gasteiger partial charge in [-0.05, 0) is 82.4 Å². The van der Waals surface area contributed by atoms with Crippen molar-refractivity contribution in [3.8, 4) is 0 Å². The second-order valence-corrected chi connectivity index (χ2v) is 9.01. The van der Waals surface area contributed by atoms with E-state index in [0.717, 1.165) is 38.0 Å². The van der Waals surface area contributed by atoms with E-state index in [1.807, 2.05) is 11.0 Å². The topological polar surface area (TPSA) is 28.5 Å². The Balaban J connectivity index is 1.42. The number of carbonyl (C=O) groups is 1. The van der Waals surface area contributed by atoms with E-state index in [0.29, 0.717) is 0 Å². The molecule has 3 heterocycles. The van der Waals surface area contributed by atoms with Crippen LogP contribution in [0.2, 0.25) is 0 Å². The monoisotopic (exact) mass is 403 g/mol. The molecule has 0 N–H and O–H groups in total. The molecule has 2 aromatic carbocycles. The summed E-state index contributed by atoms with van der Waals surface area (Å²) in [6, 6.07) is 15.0. The number of hydrogen-bond donors (Lipinski definition) is 0. The van der Waals surface area contributed by atoms with Crippen LogP contribution in [0.15, 0.2) is 42.5 Å². The standard InChI is InChI=1S/C26H33N3O/c30-26(28-17-7-2-8-18-28)21-12-13-25-23(20-21)22-10-3-4-11-24(22)29(25)19-9-16-27-14-5-1-6-15-27/h3-4,10-13,20H,1-2,5-9,14-19H2. The van der Waals surface area contributed by atoms with Crippen LogP contribution in [0, 0.1) is 0 Å². The van der Waals surface area contributed by atoms with Gasteiger partial charge in [-0.1, -0.05) is 24.6 Å². The summed E-state index contributed by atoms with van der Waals surface area (Å²) in [4.78, 5) is 17.7. The summed E-state index contributed by atoms with van der Waals surface area (Å²) in [5.74, 6) is 0.193. The van der Waals surface area contributed by atoms with Gasteiger partial charge in [0.2, 0.25) is 0 Å². The molecule has 0 aliphatic carbocycles. The highest BCUT2D eigenvalue weighted by Crippen LogP contribution is 2.30. The van der Waals surface area contributed by atoms with Crippen LogP contribution in [0.4, 0.5) is 0 Å². The zero-order valence-corrected chi connectivity index (χ0v) is 18.0. The van der Waals surface area contributed by atoms with Crippen LogP contribution in [0.1, 0.15) is 55.3 Å². The Kier molecular flexibility index (Phi) is 5.76. The fourth-order valence-electron chi connectivity index (χ4n) is 5.34. The van der Waals surface area contributed by atoms with E-state index in [1.54, 1.807) is 0 Å². The largest absolute Gasteiger partial charge is 0.340 e. The summed E-state index contributed by atoms with van der Waals surface area (Å²) in [5.41, 5.74) is 3.37. The van der Waals surface area contributed by atoms with Gasteiger partial charge in [0.25, 0.3) is 5.91 Å². The number of piperidine rings is 2. The smallest absolute Gasteiger partial charge is 0.253 e. The number of aromatic nitrogens is 1. The molecule has 3 aromatic rings. The second-order valence-electron chi connectivity index (χ2n) is 9.01. The van der Waals surface area contributed by atoms with Gasteiger partial charge in [-0.15, -0.1) is 0 Å². The summed E-state index contributed by atoms with van der Waals surface area (Å²) in [5, 5.41) is 2.48. The van der Waals surface area contributed by atoms with Crippen LogP contribution in [0.3, 0.4) is 0 Å². The molecular weight excluding hydrogens is 370 g/mol. The highest BCUT2D eigenvalue weighted by Gasteiger charge is 2.20. The van der Waals surface area contributed by atoms with Crippen LogP contribution in [0.25, 0.3) is 21.8 Å². The summed E-state index contributed by atoms with van der Waals surface area (Å²) in [7, 11) is 0. The van der Waals surface area contributed by atoms with Gasteiger partial charge in [0, 0.05) is 47.0 Å². The van der Waals surface area contributed by atoms with E-state index in [4.69, 9.17) is 0 Å². The number of hydrogen-bond acceptors (Lipinski definition) is 2. The van der Waals surface area contributed by atoms with Crippen molar-refractivity contribution < 1.29 is 4.79 Å². The van der Waals surface area contributed by atoms with Gasteiger partial charge in [0.05, 0.1) is 0 Å². The van der Waals surface area contributed by atoms with Crippen molar-refractivity contribution in [2.24, 2.45) is 0 Å². The quantitative estimate of drug-likeness (QED) is 0.579. The molecule has 1 aromatic heterocycles. The first kappa shape index (κ1) is 19.6. The molecule has 0 saturated carbocycles. The Morgan fingerprint density at radius 2 is 1.43 bits per heavy atom. The first-order chi connectivity index (χ1) is 14.8. The molecular formula is C26H33N3O. The number of fused-ring (bicyclic) bond motifs is 3. The number of carbonyl (C=O) groups excluding carboxylic acids is 1. The number of aryl methyl sites for hydroxylation is 1. The molecule has 0 unspecified atom stereocenters. The Morgan fingerprint density at radius 3 is 2.23 bits per heavy atom. The normalized spacial score (nSPS) is 18.3. The Morgan fingerprint density at radius 1 is 0.733 bits per heavy atom. The molecule has 0 atom stereocenters. The fourth-order valence-corrected chi connectivity index (χ4v) is 5.34. The molecule has 30 heavy (non-hydrogen) atoms. The van der Waals surface area contributed by atoms with E-state index in [9.17, 15) is 4.79 Å². The molecule has 5 rings (SSSR count). The SMILES string of the molecule is O=C(c1ccc2c(c1)c1ccccc1n2CCCN1CCCCC1)N1CCCCC1. The van der Waals surface area contributed by atoms with Crippen molar-refractivity contribution in [2.45, 2.75) is 51.5 Å². The number of likely N-dealkylation sites (tertiary alicyclic amines) is 2. The molecule has 0 radical (unpaired) electrons. The first-order valence-electron chi connectivity index (χ1n) is 11.8. The van der Waals surface area contributed by atoms with Gasteiger partial charge in [-0.2, -0.15) is 0 Å². The van der Waals surface area contributed by atoms with Gasteiger partial charge in [-0.3, -0.25) is 4.79 Å². The van der Waals surface area contributed by atoms with Crippen molar-refractivity contribution in [3.05, 3.63) is 48.0 Å². The molecule has 1 amide bonds. The average molecular weight is 404 g/mol. The predicted octanol–water partition coefficient (Wildman–Crippen LogP) is 5.30. The molecule has 2 fully saturated rings. The minimum atomic E-state index is 0.193. The van der Waals surface area contributed by atoms with Gasteiger partial charge >= 0.3 is 0 Å². The predicted molar refractivity (Wildman–Crippen MR) is 124 cm³/mol. The minimum Gasteiger partial charge on any atom is -0.340 e. The third-order valence-corrected chi connectivity index (χ3v) is 6.97. The maximum Gasteiger partial charge on any atom is 0.253 e. The summed E-state index contributed by atoms with van der Waals surface area (Å²) >= 11 is 0. The second kappa shape index (κ2) is 8.81. The summed E-state index contributed by atoms with van der Waals surface area (Å²) in [6.45, 7) is 6.52. The molecule has 0 bridgehead atoms. The fraction of sp³-hybridized carbons (Fsp3) is 0.500. The van der Waals surface area contributed by atoms with Gasteiger partial charge < -0.3 is 14.4 Å². The lowest BCUT2D eigenvalue weighted by atomic mass is 10.1. The van der Waals surface area contributed by atoms with Crippen LogP contribution in [-0.2, 0) is 6.54 Å². The van der Waals surface area contributed by atoms with Crippen molar-refractivity contribution in [1.29, 1.82) is 0 Å². The van der Waals surface area contributed by atoms with E-state index in [2.05, 4.69) is 45.9 Å². The molecule has 2 saturated heterocycles. The zero-order valence-electron chi connectivity index (χ0n) is 18.0. The third-order valence-electron chi connectivity index (χ3n) is 6.97. The van der Waals surface area contributed by atoms with Crippen molar-refractivity contribution in [3.63, 3.8) is 0 Å². The minimum absolute atomic E-state index is 0.193. The Labute approximate surface area is 179 Å². The summed E-state index contributed by atoms with van der Waals surface area (Å²) in [6.07, 6.45) is 8.76. The number of rotatable bonds is 5. The van der Waals surface area contributed by atoms with Crippen LogP contribution < -0.4 is 0 Å². The highest BCUT2D eigenvalue weighted by atomic mass is 16.2. The number of nitrogens with zero attached hydrogens (tertiary/aromatic N) is 3. The zero-order chi connectivity index (χ0) is 20.3. The third kappa shape index (κ3) is 3.85. The molecule has 2 aliphatic heterocycles. The van der Waals surface area contributed by atoms with Gasteiger partial charge in [0.1, 0.15) is 0 Å². The molecule has 2 aliphatic rings. The van der Waals surface area contributed by atoms with Gasteiger partial charge in [0.15, 0.2) is 0 Å². The van der Waals surface area contributed by atoms with Gasteiger partial charge in [-0.25, -0.2) is 0 Å². The van der Waals surface area contributed by atoms with E-state index in [-0.39, 0.29) is 5.91 Å². The van der Waals surface area contributed by atoms with Crippen LogP contribution in [0.5, 0.6) is 0 Å². The van der Waals surface area contributed by atoms with E-state index >= 15 is 0 Å². The van der Waals surface area contributed by atoms with Crippen molar-refractivity contribution >= 4 is 27.7 Å². The van der Waals surface area contributed by atoms with Crippen LogP contribution >= 0.6 is 0 Å². The number of para-hydroxylation sites is 1. The lowest BCUT2D eigenvalue weighted by Crippen LogP contribution is -2.35. The number of benzene rings is 2. The maximum atomic E-state index is 13.0. The molecule has 158 valence electrons. The highest BCUT2D eigenvalue weighted by molar-refractivity contribution is 6.10. The summed E-state index contributed by atoms with van der Waals surface area (Å²) < 4.78 is 2.46. The lowest BCUT2D eigenvalue weighted by Gasteiger charge is -2.26. The van der Waals surface area contributed by atoms with E-state index < -0.39 is 0 Å². The lowest BCUT2D eigenvalue weighted by molar-refractivity contribution is 0.0724. The Hall–Kier alpha value is -2.33. The molecule has 4 nitrogen and oxygen atoms in total. The van der Waals surface area contributed by atoms with Crippen LogP contribution in [-0.4, -0.2) is 53.0 Å². The van der Waals surface area contributed by atoms with E-state index in [1.165, 1.54) is 73.5 Å². The Bertz CT molecular complexity index is 1030.